The van der Waals surface area contributed by atoms with Gasteiger partial charge < -0.3 is 14.8 Å². The van der Waals surface area contributed by atoms with Crippen molar-refractivity contribution in [3.8, 4) is 11.5 Å². The summed E-state index contributed by atoms with van der Waals surface area (Å²) in [5.74, 6) is 0.365. The van der Waals surface area contributed by atoms with Gasteiger partial charge in [0.2, 0.25) is 10.0 Å². The minimum atomic E-state index is -3.59. The maximum Gasteiger partial charge on any atom is 0.254 e. The Morgan fingerprint density at radius 1 is 1.17 bits per heavy atom. The van der Waals surface area contributed by atoms with Gasteiger partial charge in [0.1, 0.15) is 0 Å². The van der Waals surface area contributed by atoms with Gasteiger partial charge in [-0.05, 0) is 43.4 Å². The molecule has 2 aromatic carbocycles. The molecule has 0 saturated heterocycles. The molecule has 0 bridgehead atoms. The first-order valence-electron chi connectivity index (χ1n) is 9.92. The second-order valence-electron chi connectivity index (χ2n) is 7.27. The van der Waals surface area contributed by atoms with Crippen molar-refractivity contribution in [3.63, 3.8) is 0 Å². The van der Waals surface area contributed by atoms with Gasteiger partial charge in [-0.25, -0.2) is 8.42 Å². The van der Waals surface area contributed by atoms with E-state index in [2.05, 4.69) is 11.4 Å². The lowest BCUT2D eigenvalue weighted by Gasteiger charge is -2.28. The molecule has 0 radical (unpaired) electrons. The van der Waals surface area contributed by atoms with Crippen molar-refractivity contribution in [2.45, 2.75) is 32.2 Å². The third-order valence-corrected chi connectivity index (χ3v) is 6.63. The summed E-state index contributed by atoms with van der Waals surface area (Å²) in [5.41, 5.74) is 2.82. The zero-order chi connectivity index (χ0) is 21.9. The van der Waals surface area contributed by atoms with Crippen LogP contribution in [-0.2, 0) is 16.4 Å². The van der Waals surface area contributed by atoms with Crippen LogP contribution in [0.2, 0.25) is 0 Å². The van der Waals surface area contributed by atoms with Crippen LogP contribution >= 0.6 is 0 Å². The molecule has 1 N–H and O–H groups in total. The van der Waals surface area contributed by atoms with E-state index in [1.54, 1.807) is 6.92 Å². The molecule has 1 aliphatic carbocycles. The summed E-state index contributed by atoms with van der Waals surface area (Å²) in [6.45, 7) is 1.90. The van der Waals surface area contributed by atoms with Crippen molar-refractivity contribution in [3.05, 3.63) is 53.1 Å². The van der Waals surface area contributed by atoms with Gasteiger partial charge in [-0.2, -0.15) is 0 Å². The van der Waals surface area contributed by atoms with E-state index in [4.69, 9.17) is 9.47 Å². The number of sulfonamides is 1. The highest BCUT2D eigenvalue weighted by molar-refractivity contribution is 7.92. The molecule has 1 amide bonds. The summed E-state index contributed by atoms with van der Waals surface area (Å²) in [6, 6.07) is 11.0. The van der Waals surface area contributed by atoms with Crippen LogP contribution in [0.3, 0.4) is 0 Å². The Balaban J connectivity index is 2.04. The Bertz CT molecular complexity index is 1040. The van der Waals surface area contributed by atoms with E-state index in [-0.39, 0.29) is 29.7 Å². The SMILES string of the molecule is CCN(c1cc(OC)c(OC)cc1C(=O)N[C@H]1CCCc2ccccc21)S(C)(=O)=O. The van der Waals surface area contributed by atoms with Gasteiger partial charge in [0.05, 0.1) is 37.8 Å². The van der Waals surface area contributed by atoms with Crippen LogP contribution in [0.4, 0.5) is 5.69 Å². The average molecular weight is 433 g/mol. The molecule has 8 heteroatoms. The highest BCUT2D eigenvalue weighted by Gasteiger charge is 2.28. The molecule has 0 spiro atoms. The van der Waals surface area contributed by atoms with E-state index in [0.29, 0.717) is 11.5 Å². The Kier molecular flexibility index (Phi) is 6.55. The fourth-order valence-corrected chi connectivity index (χ4v) is 4.96. The zero-order valence-corrected chi connectivity index (χ0v) is 18.6. The largest absolute Gasteiger partial charge is 0.493 e. The number of anilines is 1. The molecule has 0 saturated carbocycles. The van der Waals surface area contributed by atoms with Gasteiger partial charge in [-0.1, -0.05) is 24.3 Å². The fourth-order valence-electron chi connectivity index (χ4n) is 3.98. The van der Waals surface area contributed by atoms with E-state index in [9.17, 15) is 13.2 Å². The molecule has 7 nitrogen and oxygen atoms in total. The number of methoxy groups -OCH3 is 2. The number of nitrogens with one attached hydrogen (secondary N) is 1. The molecule has 3 rings (SSSR count). The predicted molar refractivity (Wildman–Crippen MR) is 117 cm³/mol. The van der Waals surface area contributed by atoms with Crippen molar-refractivity contribution < 1.29 is 22.7 Å². The standard InChI is InChI=1S/C22H28N2O5S/c1-5-24(30(4,26)27)19-14-21(29-3)20(28-2)13-17(19)22(25)23-18-12-8-10-15-9-6-7-11-16(15)18/h6-7,9,11,13-14,18H,5,8,10,12H2,1-4H3,(H,23,25)/t18-/m0/s1. The molecule has 1 atom stereocenters. The van der Waals surface area contributed by atoms with Crippen molar-refractivity contribution in [1.82, 2.24) is 5.32 Å². The normalized spacial score (nSPS) is 15.8. The molecule has 30 heavy (non-hydrogen) atoms. The number of amides is 1. The van der Waals surface area contributed by atoms with Crippen LogP contribution < -0.4 is 19.1 Å². The number of ether oxygens (including phenoxy) is 2. The molecular formula is C22H28N2O5S. The summed E-state index contributed by atoms with van der Waals surface area (Å²) >= 11 is 0. The van der Waals surface area contributed by atoms with Crippen LogP contribution in [0.1, 0.15) is 47.3 Å². The molecular weight excluding hydrogens is 404 g/mol. The monoisotopic (exact) mass is 432 g/mol. The Morgan fingerprint density at radius 2 is 1.83 bits per heavy atom. The Morgan fingerprint density at radius 3 is 2.47 bits per heavy atom. The van der Waals surface area contributed by atoms with Crippen molar-refractivity contribution in [2.75, 3.05) is 31.3 Å². The van der Waals surface area contributed by atoms with E-state index < -0.39 is 10.0 Å². The first kappa shape index (κ1) is 22.0. The number of benzene rings is 2. The predicted octanol–water partition coefficient (Wildman–Crippen LogP) is 3.30. The fraction of sp³-hybridized carbons (Fsp3) is 0.409. The highest BCUT2D eigenvalue weighted by Crippen LogP contribution is 2.37. The topological polar surface area (TPSA) is 84.9 Å². The Labute approximate surface area is 178 Å². The summed E-state index contributed by atoms with van der Waals surface area (Å²) in [6.07, 6.45) is 3.91. The van der Waals surface area contributed by atoms with Crippen molar-refractivity contribution >= 4 is 21.6 Å². The van der Waals surface area contributed by atoms with Gasteiger partial charge in [-0.15, -0.1) is 0 Å². The second kappa shape index (κ2) is 8.95. The number of rotatable bonds is 7. The molecule has 162 valence electrons. The van der Waals surface area contributed by atoms with Gasteiger partial charge in [0.25, 0.3) is 5.91 Å². The van der Waals surface area contributed by atoms with Crippen LogP contribution in [0.15, 0.2) is 36.4 Å². The van der Waals surface area contributed by atoms with E-state index in [1.165, 1.54) is 36.2 Å². The molecule has 0 aromatic heterocycles. The number of hydrogen-bond acceptors (Lipinski definition) is 5. The number of nitrogens with zero attached hydrogens (tertiary/aromatic N) is 1. The minimum absolute atomic E-state index is 0.128. The summed E-state index contributed by atoms with van der Waals surface area (Å²) in [7, 11) is -0.647. The lowest BCUT2D eigenvalue weighted by molar-refractivity contribution is 0.0933. The number of hydrogen-bond donors (Lipinski definition) is 1. The van der Waals surface area contributed by atoms with Gasteiger partial charge in [0.15, 0.2) is 11.5 Å². The van der Waals surface area contributed by atoms with E-state index >= 15 is 0 Å². The third kappa shape index (κ3) is 4.38. The molecule has 1 aliphatic rings. The maximum absolute atomic E-state index is 13.3. The number of fused-ring (bicyclic) bond motifs is 1. The molecule has 0 fully saturated rings. The van der Waals surface area contributed by atoms with E-state index in [1.807, 2.05) is 18.2 Å². The number of carbonyl (C=O) groups is 1. The first-order chi connectivity index (χ1) is 14.3. The molecule has 0 aliphatic heterocycles. The van der Waals surface area contributed by atoms with Crippen LogP contribution in [-0.4, -0.2) is 41.3 Å². The van der Waals surface area contributed by atoms with Crippen molar-refractivity contribution in [2.24, 2.45) is 0 Å². The Hall–Kier alpha value is -2.74. The van der Waals surface area contributed by atoms with Gasteiger partial charge >= 0.3 is 0 Å². The van der Waals surface area contributed by atoms with E-state index in [0.717, 1.165) is 31.1 Å². The number of aryl methyl sites for hydroxylation is 1. The van der Waals surface area contributed by atoms with Gasteiger partial charge in [-0.3, -0.25) is 9.10 Å². The molecule has 0 heterocycles. The van der Waals surface area contributed by atoms with Crippen LogP contribution in [0.5, 0.6) is 11.5 Å². The minimum Gasteiger partial charge on any atom is -0.493 e. The lowest BCUT2D eigenvalue weighted by Crippen LogP contribution is -2.35. The molecule has 2 aromatic rings. The maximum atomic E-state index is 13.3. The zero-order valence-electron chi connectivity index (χ0n) is 17.8. The highest BCUT2D eigenvalue weighted by atomic mass is 32.2. The first-order valence-corrected chi connectivity index (χ1v) is 11.8. The van der Waals surface area contributed by atoms with Gasteiger partial charge in [0, 0.05) is 12.6 Å². The van der Waals surface area contributed by atoms with Crippen LogP contribution in [0, 0.1) is 0 Å². The third-order valence-electron chi connectivity index (χ3n) is 5.38. The summed E-state index contributed by atoms with van der Waals surface area (Å²) < 4.78 is 36.6. The quantitative estimate of drug-likeness (QED) is 0.726. The van der Waals surface area contributed by atoms with Crippen LogP contribution in [0.25, 0.3) is 0 Å². The summed E-state index contributed by atoms with van der Waals surface area (Å²) in [4.78, 5) is 13.3. The smallest absolute Gasteiger partial charge is 0.254 e. The average Bonchev–Trinajstić information content (AvgIpc) is 2.73. The summed E-state index contributed by atoms with van der Waals surface area (Å²) in [5, 5.41) is 3.09. The lowest BCUT2D eigenvalue weighted by atomic mass is 9.87. The molecule has 0 unspecified atom stereocenters. The van der Waals surface area contributed by atoms with Crippen molar-refractivity contribution in [1.29, 1.82) is 0 Å². The number of carbonyl (C=O) groups excluding carboxylic acids is 1. The second-order valence-corrected chi connectivity index (χ2v) is 9.18.